The first-order valence-electron chi connectivity index (χ1n) is 9.73. The summed E-state index contributed by atoms with van der Waals surface area (Å²) in [6, 6.07) is 7.75. The van der Waals surface area contributed by atoms with Gasteiger partial charge in [0.05, 0.1) is 13.2 Å². The molecule has 0 bridgehead atoms. The van der Waals surface area contributed by atoms with Gasteiger partial charge in [-0.2, -0.15) is 0 Å². The zero-order valence-corrected chi connectivity index (χ0v) is 15.2. The van der Waals surface area contributed by atoms with Crippen molar-refractivity contribution in [2.45, 2.75) is 44.1 Å². The van der Waals surface area contributed by atoms with Crippen LogP contribution in [0.15, 0.2) is 28.7 Å². The molecule has 1 aliphatic carbocycles. The third-order valence-electron chi connectivity index (χ3n) is 5.68. The first-order chi connectivity index (χ1) is 12.8. The standard InChI is InChI=1S/C20H27N3O3/c24-19(20(9-4-1-5-10-20)23-12-14-25-15-13-23)21-11-8-18-22-16-6-2-3-7-17(16)26-18/h2-3,6-7H,1,4-5,8-15H2,(H,21,24). The molecular weight excluding hydrogens is 330 g/mol. The quantitative estimate of drug-likeness (QED) is 0.891. The summed E-state index contributed by atoms with van der Waals surface area (Å²) in [7, 11) is 0. The Kier molecular flexibility index (Phi) is 5.22. The van der Waals surface area contributed by atoms with E-state index in [1.165, 1.54) is 6.42 Å². The van der Waals surface area contributed by atoms with E-state index in [1.54, 1.807) is 0 Å². The Bertz CT molecular complexity index is 713. The minimum atomic E-state index is -0.358. The number of rotatable bonds is 5. The Morgan fingerprint density at radius 2 is 1.92 bits per heavy atom. The number of nitrogens with one attached hydrogen (secondary N) is 1. The number of oxazole rings is 1. The molecule has 6 nitrogen and oxygen atoms in total. The van der Waals surface area contributed by atoms with E-state index in [2.05, 4.69) is 15.2 Å². The molecular formula is C20H27N3O3. The lowest BCUT2D eigenvalue weighted by atomic mass is 9.79. The van der Waals surface area contributed by atoms with E-state index >= 15 is 0 Å². The molecule has 2 fully saturated rings. The average Bonchev–Trinajstić information content (AvgIpc) is 3.12. The molecule has 0 spiro atoms. The largest absolute Gasteiger partial charge is 0.441 e. The highest BCUT2D eigenvalue weighted by atomic mass is 16.5. The molecule has 1 saturated heterocycles. The summed E-state index contributed by atoms with van der Waals surface area (Å²) in [4.78, 5) is 20.0. The number of carbonyl (C=O) groups is 1. The summed E-state index contributed by atoms with van der Waals surface area (Å²) < 4.78 is 11.2. The molecule has 0 atom stereocenters. The fourth-order valence-corrected chi connectivity index (χ4v) is 4.29. The summed E-state index contributed by atoms with van der Waals surface area (Å²) in [5, 5.41) is 3.16. The van der Waals surface area contributed by atoms with Crippen LogP contribution in [-0.2, 0) is 16.0 Å². The van der Waals surface area contributed by atoms with Crippen LogP contribution in [0.3, 0.4) is 0 Å². The van der Waals surface area contributed by atoms with Gasteiger partial charge < -0.3 is 14.5 Å². The van der Waals surface area contributed by atoms with Gasteiger partial charge >= 0.3 is 0 Å². The lowest BCUT2D eigenvalue weighted by Crippen LogP contribution is -2.62. The molecule has 2 heterocycles. The third kappa shape index (κ3) is 3.48. The molecule has 4 rings (SSSR count). The molecule has 1 aromatic carbocycles. The second kappa shape index (κ2) is 7.76. The lowest BCUT2D eigenvalue weighted by Gasteiger charge is -2.46. The molecule has 0 unspecified atom stereocenters. The van der Waals surface area contributed by atoms with Crippen LogP contribution in [0, 0.1) is 0 Å². The van der Waals surface area contributed by atoms with Gasteiger partial charge in [-0.05, 0) is 25.0 Å². The average molecular weight is 357 g/mol. The van der Waals surface area contributed by atoms with Gasteiger partial charge in [0.15, 0.2) is 11.5 Å². The van der Waals surface area contributed by atoms with Crippen molar-refractivity contribution in [3.8, 4) is 0 Å². The summed E-state index contributed by atoms with van der Waals surface area (Å²) >= 11 is 0. The molecule has 1 N–H and O–H groups in total. The topological polar surface area (TPSA) is 67.6 Å². The number of ether oxygens (including phenoxy) is 1. The van der Waals surface area contributed by atoms with Crippen molar-refractivity contribution in [2.24, 2.45) is 0 Å². The van der Waals surface area contributed by atoms with Crippen LogP contribution in [0.2, 0.25) is 0 Å². The van der Waals surface area contributed by atoms with Crippen LogP contribution in [0.1, 0.15) is 38.0 Å². The highest BCUT2D eigenvalue weighted by molar-refractivity contribution is 5.86. The van der Waals surface area contributed by atoms with E-state index < -0.39 is 0 Å². The van der Waals surface area contributed by atoms with Crippen LogP contribution in [0.5, 0.6) is 0 Å². The first kappa shape index (κ1) is 17.5. The number of hydrogen-bond acceptors (Lipinski definition) is 5. The lowest BCUT2D eigenvalue weighted by molar-refractivity contribution is -0.140. The van der Waals surface area contributed by atoms with Gasteiger partial charge in [0.2, 0.25) is 5.91 Å². The number of nitrogens with zero attached hydrogens (tertiary/aromatic N) is 2. The van der Waals surface area contributed by atoms with E-state index in [-0.39, 0.29) is 11.4 Å². The second-order valence-electron chi connectivity index (χ2n) is 7.27. The van der Waals surface area contributed by atoms with Crippen molar-refractivity contribution in [3.63, 3.8) is 0 Å². The monoisotopic (exact) mass is 357 g/mol. The maximum Gasteiger partial charge on any atom is 0.240 e. The predicted molar refractivity (Wildman–Crippen MR) is 98.9 cm³/mol. The Morgan fingerprint density at radius 3 is 2.69 bits per heavy atom. The molecule has 0 radical (unpaired) electrons. The number of fused-ring (bicyclic) bond motifs is 1. The van der Waals surface area contributed by atoms with Crippen molar-refractivity contribution in [1.29, 1.82) is 0 Å². The smallest absolute Gasteiger partial charge is 0.240 e. The van der Waals surface area contributed by atoms with Gasteiger partial charge in [0.25, 0.3) is 0 Å². The van der Waals surface area contributed by atoms with Crippen LogP contribution in [-0.4, -0.2) is 54.2 Å². The van der Waals surface area contributed by atoms with Crippen molar-refractivity contribution in [1.82, 2.24) is 15.2 Å². The number of para-hydroxylation sites is 2. The fourth-order valence-electron chi connectivity index (χ4n) is 4.29. The number of hydrogen-bond donors (Lipinski definition) is 1. The number of benzene rings is 1. The third-order valence-corrected chi connectivity index (χ3v) is 5.68. The minimum absolute atomic E-state index is 0.162. The van der Waals surface area contributed by atoms with E-state index in [9.17, 15) is 4.79 Å². The van der Waals surface area contributed by atoms with Crippen LogP contribution < -0.4 is 5.32 Å². The van der Waals surface area contributed by atoms with Gasteiger partial charge in [-0.25, -0.2) is 4.98 Å². The summed E-state index contributed by atoms with van der Waals surface area (Å²) in [5.74, 6) is 0.839. The zero-order valence-electron chi connectivity index (χ0n) is 15.2. The van der Waals surface area contributed by atoms with Gasteiger partial charge in [-0.1, -0.05) is 31.4 Å². The van der Waals surface area contributed by atoms with E-state index in [0.717, 1.165) is 63.1 Å². The maximum atomic E-state index is 13.1. The van der Waals surface area contributed by atoms with Gasteiger partial charge in [-0.15, -0.1) is 0 Å². The zero-order chi connectivity index (χ0) is 17.8. The van der Waals surface area contributed by atoms with Crippen molar-refractivity contribution < 1.29 is 13.9 Å². The number of amides is 1. The van der Waals surface area contributed by atoms with Crippen LogP contribution in [0.4, 0.5) is 0 Å². The Labute approximate surface area is 153 Å². The first-order valence-corrected chi connectivity index (χ1v) is 9.73. The molecule has 1 aromatic heterocycles. The predicted octanol–water partition coefficient (Wildman–Crippen LogP) is 2.52. The van der Waals surface area contributed by atoms with E-state index in [4.69, 9.17) is 9.15 Å². The van der Waals surface area contributed by atoms with Gasteiger partial charge in [-0.3, -0.25) is 9.69 Å². The molecule has 6 heteroatoms. The van der Waals surface area contributed by atoms with Gasteiger partial charge in [0, 0.05) is 26.1 Å². The summed E-state index contributed by atoms with van der Waals surface area (Å²) in [6.45, 7) is 3.69. The molecule has 1 amide bonds. The van der Waals surface area contributed by atoms with E-state index in [0.29, 0.717) is 18.9 Å². The van der Waals surface area contributed by atoms with Crippen molar-refractivity contribution in [3.05, 3.63) is 30.2 Å². The Hall–Kier alpha value is -1.92. The molecule has 2 aliphatic rings. The molecule has 26 heavy (non-hydrogen) atoms. The van der Waals surface area contributed by atoms with Gasteiger partial charge in [0.1, 0.15) is 11.1 Å². The highest BCUT2D eigenvalue weighted by Gasteiger charge is 2.44. The van der Waals surface area contributed by atoms with Crippen molar-refractivity contribution >= 4 is 17.0 Å². The SMILES string of the molecule is O=C(NCCc1nc2ccccc2o1)C1(N2CCOCC2)CCCCC1. The Morgan fingerprint density at radius 1 is 1.15 bits per heavy atom. The number of morpholine rings is 1. The number of aromatic nitrogens is 1. The molecule has 2 aromatic rings. The summed E-state index contributed by atoms with van der Waals surface area (Å²) in [6.07, 6.45) is 5.97. The molecule has 1 aliphatic heterocycles. The highest BCUT2D eigenvalue weighted by Crippen LogP contribution is 2.34. The Balaban J connectivity index is 1.39. The van der Waals surface area contributed by atoms with Crippen LogP contribution >= 0.6 is 0 Å². The van der Waals surface area contributed by atoms with E-state index in [1.807, 2.05) is 24.3 Å². The maximum absolute atomic E-state index is 13.1. The summed E-state index contributed by atoms with van der Waals surface area (Å²) in [5.41, 5.74) is 1.31. The normalized spacial score (nSPS) is 20.9. The minimum Gasteiger partial charge on any atom is -0.441 e. The fraction of sp³-hybridized carbons (Fsp3) is 0.600. The molecule has 140 valence electrons. The molecule has 1 saturated carbocycles. The second-order valence-corrected chi connectivity index (χ2v) is 7.27. The number of carbonyl (C=O) groups excluding carboxylic acids is 1. The van der Waals surface area contributed by atoms with Crippen LogP contribution in [0.25, 0.3) is 11.1 Å². The van der Waals surface area contributed by atoms with Crippen molar-refractivity contribution in [2.75, 3.05) is 32.8 Å².